The molecule has 1 amide bonds. The number of pyridine rings is 1. The number of aryl methyl sites for hydroxylation is 1. The van der Waals surface area contributed by atoms with Crippen molar-refractivity contribution < 1.29 is 14.3 Å². The van der Waals surface area contributed by atoms with Crippen LogP contribution in [0, 0.1) is 5.92 Å². The summed E-state index contributed by atoms with van der Waals surface area (Å²) in [4.78, 5) is 39.2. The second-order valence-corrected chi connectivity index (χ2v) is 9.25. The first kappa shape index (κ1) is 22.1. The second-order valence-electron chi connectivity index (χ2n) is 9.25. The molecule has 5 rings (SSSR count). The van der Waals surface area contributed by atoms with Crippen molar-refractivity contribution in [3.8, 4) is 5.75 Å². The molecule has 0 aliphatic carbocycles. The molecule has 3 aromatic rings. The zero-order valence-corrected chi connectivity index (χ0v) is 19.3. The number of ketones is 1. The highest BCUT2D eigenvalue weighted by atomic mass is 16.5. The van der Waals surface area contributed by atoms with Gasteiger partial charge in [-0.05, 0) is 54.2 Å². The third-order valence-corrected chi connectivity index (χ3v) is 7.03. The number of Topliss-reactive ketones (excluding diaryl/α,β-unsaturated/α-hetero) is 1. The molecule has 2 aliphatic rings. The van der Waals surface area contributed by atoms with E-state index in [1.807, 2.05) is 35.4 Å². The zero-order valence-electron chi connectivity index (χ0n) is 19.3. The Bertz CT molecular complexity index is 1270. The number of piperidine rings is 1. The topological polar surface area (TPSA) is 68.6 Å². The zero-order chi connectivity index (χ0) is 23.7. The SMILES string of the molecule is Cn1ccc([C@@H](c2ccccc2)C2CCN(C(=O)c3ccc4c(c3)CC(=O)CO4)CC2)cc1=O. The number of benzene rings is 2. The number of nitrogens with zero attached hydrogens (tertiary/aromatic N) is 2. The van der Waals surface area contributed by atoms with Crippen molar-refractivity contribution in [2.75, 3.05) is 19.7 Å². The number of fused-ring (bicyclic) bond motifs is 1. The highest BCUT2D eigenvalue weighted by Crippen LogP contribution is 2.38. The largest absolute Gasteiger partial charge is 0.486 e. The van der Waals surface area contributed by atoms with Crippen molar-refractivity contribution in [1.82, 2.24) is 9.47 Å². The molecule has 2 aliphatic heterocycles. The van der Waals surface area contributed by atoms with Gasteiger partial charge in [-0.1, -0.05) is 30.3 Å². The maximum Gasteiger partial charge on any atom is 0.253 e. The van der Waals surface area contributed by atoms with Gasteiger partial charge in [0, 0.05) is 55.9 Å². The Balaban J connectivity index is 1.34. The van der Waals surface area contributed by atoms with Gasteiger partial charge in [0.1, 0.15) is 12.4 Å². The van der Waals surface area contributed by atoms with Gasteiger partial charge in [0.25, 0.3) is 11.5 Å². The van der Waals surface area contributed by atoms with E-state index in [2.05, 4.69) is 12.1 Å². The monoisotopic (exact) mass is 456 g/mol. The highest BCUT2D eigenvalue weighted by Gasteiger charge is 2.31. The summed E-state index contributed by atoms with van der Waals surface area (Å²) in [6.45, 7) is 1.41. The molecule has 1 fully saturated rings. The number of ether oxygens (including phenoxy) is 1. The van der Waals surface area contributed by atoms with Crippen LogP contribution in [0.25, 0.3) is 0 Å². The van der Waals surface area contributed by atoms with E-state index in [0.29, 0.717) is 36.7 Å². The fourth-order valence-electron chi connectivity index (χ4n) is 5.19. The fourth-order valence-corrected chi connectivity index (χ4v) is 5.19. The molecule has 174 valence electrons. The highest BCUT2D eigenvalue weighted by molar-refractivity contribution is 5.95. The standard InChI is InChI=1S/C28H28N2O4/c1-29-12-9-21(17-26(29)32)27(19-5-3-2-4-6-19)20-10-13-30(14-11-20)28(33)22-7-8-25-23(15-22)16-24(31)18-34-25/h2-9,12,15,17,20,27H,10-11,13-14,16,18H2,1H3/t27-/m0/s1. The summed E-state index contributed by atoms with van der Waals surface area (Å²) in [5, 5.41) is 0. The molecular weight excluding hydrogens is 428 g/mol. The van der Waals surface area contributed by atoms with E-state index >= 15 is 0 Å². The molecule has 0 unspecified atom stereocenters. The van der Waals surface area contributed by atoms with Gasteiger partial charge in [-0.2, -0.15) is 0 Å². The number of carbonyl (C=O) groups is 2. The molecule has 0 radical (unpaired) electrons. The Hall–Kier alpha value is -3.67. The predicted molar refractivity (Wildman–Crippen MR) is 129 cm³/mol. The molecule has 3 heterocycles. The van der Waals surface area contributed by atoms with Crippen molar-refractivity contribution >= 4 is 11.7 Å². The van der Waals surface area contributed by atoms with Gasteiger partial charge in [0.15, 0.2) is 5.78 Å². The first-order chi connectivity index (χ1) is 16.5. The van der Waals surface area contributed by atoms with E-state index in [-0.39, 0.29) is 29.8 Å². The molecule has 0 bridgehead atoms. The van der Waals surface area contributed by atoms with Crippen LogP contribution in [0.4, 0.5) is 0 Å². The Labute approximate surface area is 198 Å². The second kappa shape index (κ2) is 9.29. The average Bonchev–Trinajstić information content (AvgIpc) is 2.86. The van der Waals surface area contributed by atoms with E-state index in [9.17, 15) is 14.4 Å². The summed E-state index contributed by atoms with van der Waals surface area (Å²) in [5.41, 5.74) is 3.59. The van der Waals surface area contributed by atoms with Crippen LogP contribution in [0.3, 0.4) is 0 Å². The van der Waals surface area contributed by atoms with Crippen LogP contribution in [0.15, 0.2) is 71.7 Å². The predicted octanol–water partition coefficient (Wildman–Crippen LogP) is 3.57. The van der Waals surface area contributed by atoms with Gasteiger partial charge in [-0.25, -0.2) is 0 Å². The van der Waals surface area contributed by atoms with Gasteiger partial charge in [-0.15, -0.1) is 0 Å². The molecule has 1 aromatic heterocycles. The first-order valence-electron chi connectivity index (χ1n) is 11.8. The van der Waals surface area contributed by atoms with E-state index in [0.717, 1.165) is 24.0 Å². The van der Waals surface area contributed by atoms with Crippen LogP contribution in [-0.4, -0.2) is 40.9 Å². The maximum atomic E-state index is 13.2. The average molecular weight is 457 g/mol. The minimum Gasteiger partial charge on any atom is -0.486 e. The molecule has 6 heteroatoms. The molecule has 0 spiro atoms. The lowest BCUT2D eigenvalue weighted by Crippen LogP contribution is -2.40. The third-order valence-electron chi connectivity index (χ3n) is 7.03. The van der Waals surface area contributed by atoms with Crippen molar-refractivity contribution in [2.45, 2.75) is 25.2 Å². The number of aromatic nitrogens is 1. The fraction of sp³-hybridized carbons (Fsp3) is 0.321. The number of carbonyl (C=O) groups excluding carboxylic acids is 2. The number of hydrogen-bond donors (Lipinski definition) is 0. The molecule has 6 nitrogen and oxygen atoms in total. The summed E-state index contributed by atoms with van der Waals surface area (Å²) >= 11 is 0. The van der Waals surface area contributed by atoms with E-state index < -0.39 is 0 Å². The minimum absolute atomic E-state index is 0.0101. The first-order valence-corrected chi connectivity index (χ1v) is 11.8. The van der Waals surface area contributed by atoms with E-state index in [1.54, 1.807) is 35.9 Å². The molecule has 1 atom stereocenters. The number of likely N-dealkylation sites (tertiary alicyclic amines) is 1. The van der Waals surface area contributed by atoms with Crippen LogP contribution < -0.4 is 10.3 Å². The van der Waals surface area contributed by atoms with Gasteiger partial charge in [0.2, 0.25) is 0 Å². The quantitative estimate of drug-likeness (QED) is 0.602. The summed E-state index contributed by atoms with van der Waals surface area (Å²) in [6, 6.07) is 19.5. The molecular formula is C28H28N2O4. The lowest BCUT2D eigenvalue weighted by molar-refractivity contribution is -0.121. The van der Waals surface area contributed by atoms with Crippen LogP contribution in [0.5, 0.6) is 5.75 Å². The van der Waals surface area contributed by atoms with Gasteiger partial charge < -0.3 is 14.2 Å². The van der Waals surface area contributed by atoms with Crippen LogP contribution >= 0.6 is 0 Å². The summed E-state index contributed by atoms with van der Waals surface area (Å²) in [6.07, 6.45) is 3.85. The van der Waals surface area contributed by atoms with Crippen molar-refractivity contribution in [2.24, 2.45) is 13.0 Å². The van der Waals surface area contributed by atoms with Gasteiger partial charge in [0.05, 0.1) is 0 Å². The Morgan fingerprint density at radius 2 is 1.74 bits per heavy atom. The number of hydrogen-bond acceptors (Lipinski definition) is 4. The van der Waals surface area contributed by atoms with E-state index in [1.165, 1.54) is 5.56 Å². The van der Waals surface area contributed by atoms with Crippen molar-refractivity contribution in [1.29, 1.82) is 0 Å². The molecule has 0 saturated carbocycles. The van der Waals surface area contributed by atoms with Gasteiger partial charge >= 0.3 is 0 Å². The molecule has 2 aromatic carbocycles. The molecule has 1 saturated heterocycles. The van der Waals surface area contributed by atoms with E-state index in [4.69, 9.17) is 4.74 Å². The minimum atomic E-state index is -0.0130. The van der Waals surface area contributed by atoms with Gasteiger partial charge in [-0.3, -0.25) is 14.4 Å². The maximum absolute atomic E-state index is 13.2. The van der Waals surface area contributed by atoms with Crippen molar-refractivity contribution in [3.63, 3.8) is 0 Å². The Kier molecular flexibility index (Phi) is 6.05. The normalized spacial score (nSPS) is 17.1. The summed E-state index contributed by atoms with van der Waals surface area (Å²) < 4.78 is 7.05. The van der Waals surface area contributed by atoms with Crippen molar-refractivity contribution in [3.05, 3.63) is 99.5 Å². The lowest BCUT2D eigenvalue weighted by atomic mass is 9.76. The Morgan fingerprint density at radius 1 is 0.971 bits per heavy atom. The number of amides is 1. The lowest BCUT2D eigenvalue weighted by Gasteiger charge is -2.37. The van der Waals surface area contributed by atoms with Crippen LogP contribution in [0.2, 0.25) is 0 Å². The summed E-state index contributed by atoms with van der Waals surface area (Å²) in [7, 11) is 1.76. The van der Waals surface area contributed by atoms with Crippen LogP contribution in [-0.2, 0) is 18.3 Å². The Morgan fingerprint density at radius 3 is 2.47 bits per heavy atom. The molecule has 0 N–H and O–H groups in total. The smallest absolute Gasteiger partial charge is 0.253 e. The number of rotatable bonds is 4. The third kappa shape index (κ3) is 4.40. The van der Waals surface area contributed by atoms with Crippen LogP contribution in [0.1, 0.15) is 45.8 Å². The summed E-state index contributed by atoms with van der Waals surface area (Å²) in [5.74, 6) is 1.15. The molecule has 34 heavy (non-hydrogen) atoms.